The van der Waals surface area contributed by atoms with Gasteiger partial charge in [0, 0.05) is 11.7 Å². The Kier molecular flexibility index (Phi) is 3.02. The van der Waals surface area contributed by atoms with E-state index in [0.717, 1.165) is 24.5 Å². The normalized spacial score (nSPS) is 21.0. The van der Waals surface area contributed by atoms with Gasteiger partial charge < -0.3 is 10.3 Å². The molecule has 1 aliphatic carbocycles. The molecule has 0 aromatic carbocycles. The zero-order chi connectivity index (χ0) is 10.9. The van der Waals surface area contributed by atoms with Gasteiger partial charge in [0.2, 0.25) is 5.89 Å². The monoisotopic (exact) mass is 227 g/mol. The first-order valence-corrected chi connectivity index (χ1v) is 6.67. The third-order valence-corrected chi connectivity index (χ3v) is 3.80. The van der Waals surface area contributed by atoms with Gasteiger partial charge in [0.1, 0.15) is 0 Å². The molecule has 4 nitrogen and oxygen atoms in total. The molecule has 15 heavy (non-hydrogen) atoms. The second-order valence-electron chi connectivity index (χ2n) is 4.32. The predicted molar refractivity (Wildman–Crippen MR) is 60.8 cm³/mol. The molecular formula is C10H17N3OS. The van der Waals surface area contributed by atoms with Crippen molar-refractivity contribution < 1.29 is 4.52 Å². The fourth-order valence-corrected chi connectivity index (χ4v) is 2.38. The van der Waals surface area contributed by atoms with Crippen LogP contribution in [0.5, 0.6) is 0 Å². The number of nitrogens with two attached hydrogens (primary N) is 1. The second-order valence-corrected chi connectivity index (χ2v) is 5.23. The lowest BCUT2D eigenvalue weighted by Gasteiger charge is -2.34. The third kappa shape index (κ3) is 2.03. The van der Waals surface area contributed by atoms with E-state index in [4.69, 9.17) is 10.3 Å². The van der Waals surface area contributed by atoms with Crippen molar-refractivity contribution >= 4 is 11.8 Å². The van der Waals surface area contributed by atoms with Gasteiger partial charge in [-0.05, 0) is 25.5 Å². The van der Waals surface area contributed by atoms with E-state index >= 15 is 0 Å². The molecule has 0 bridgehead atoms. The molecule has 0 radical (unpaired) electrons. The van der Waals surface area contributed by atoms with Gasteiger partial charge >= 0.3 is 0 Å². The van der Waals surface area contributed by atoms with Crippen LogP contribution < -0.4 is 5.73 Å². The van der Waals surface area contributed by atoms with E-state index in [-0.39, 0.29) is 5.54 Å². The standard InChI is InChI=1S/C10H17N3OS/c1-7(6-15-2)8-12-9(13-14-8)10(11)4-3-5-10/h7H,3-6,11H2,1-2H3. The van der Waals surface area contributed by atoms with E-state index in [9.17, 15) is 0 Å². The Hall–Kier alpha value is -0.550. The maximum atomic E-state index is 6.12. The van der Waals surface area contributed by atoms with Crippen molar-refractivity contribution in [2.24, 2.45) is 5.73 Å². The molecule has 1 atom stereocenters. The quantitative estimate of drug-likeness (QED) is 0.850. The SMILES string of the molecule is CSCC(C)c1nc(C2(N)CCC2)no1. The van der Waals surface area contributed by atoms with Crippen molar-refractivity contribution in [2.75, 3.05) is 12.0 Å². The summed E-state index contributed by atoms with van der Waals surface area (Å²) in [6.45, 7) is 2.09. The molecule has 1 heterocycles. The van der Waals surface area contributed by atoms with Gasteiger partial charge in [-0.3, -0.25) is 0 Å². The molecule has 5 heteroatoms. The number of thioether (sulfide) groups is 1. The topological polar surface area (TPSA) is 64.9 Å². The highest BCUT2D eigenvalue weighted by Crippen LogP contribution is 2.37. The fourth-order valence-electron chi connectivity index (χ4n) is 1.74. The maximum absolute atomic E-state index is 6.12. The van der Waals surface area contributed by atoms with E-state index in [1.165, 1.54) is 6.42 Å². The first-order valence-electron chi connectivity index (χ1n) is 5.27. The Morgan fingerprint density at radius 3 is 2.87 bits per heavy atom. The van der Waals surface area contributed by atoms with Crippen LogP contribution in [0.1, 0.15) is 43.8 Å². The van der Waals surface area contributed by atoms with Crippen LogP contribution in [0, 0.1) is 0 Å². The number of hydrogen-bond donors (Lipinski definition) is 1. The first kappa shape index (κ1) is 11.0. The lowest BCUT2D eigenvalue weighted by atomic mass is 9.77. The highest BCUT2D eigenvalue weighted by atomic mass is 32.2. The van der Waals surface area contributed by atoms with Gasteiger partial charge in [0.25, 0.3) is 0 Å². The number of hydrogen-bond acceptors (Lipinski definition) is 5. The summed E-state index contributed by atoms with van der Waals surface area (Å²) in [4.78, 5) is 4.41. The van der Waals surface area contributed by atoms with Crippen molar-refractivity contribution in [3.05, 3.63) is 11.7 Å². The third-order valence-electron chi connectivity index (χ3n) is 2.97. The molecule has 84 valence electrons. The predicted octanol–water partition coefficient (Wildman–Crippen LogP) is 1.87. The summed E-state index contributed by atoms with van der Waals surface area (Å²) in [6.07, 6.45) is 5.19. The molecule has 0 spiro atoms. The average molecular weight is 227 g/mol. The van der Waals surface area contributed by atoms with Crippen molar-refractivity contribution in [1.29, 1.82) is 0 Å². The van der Waals surface area contributed by atoms with Crippen LogP contribution >= 0.6 is 11.8 Å². The lowest BCUT2D eigenvalue weighted by Crippen LogP contribution is -2.44. The molecule has 1 aliphatic rings. The van der Waals surface area contributed by atoms with Gasteiger partial charge in [-0.25, -0.2) is 0 Å². The van der Waals surface area contributed by atoms with E-state index in [1.54, 1.807) is 11.8 Å². The molecule has 1 aromatic heterocycles. The molecular weight excluding hydrogens is 210 g/mol. The zero-order valence-electron chi connectivity index (χ0n) is 9.19. The summed E-state index contributed by atoms with van der Waals surface area (Å²) in [5.41, 5.74) is 5.82. The van der Waals surface area contributed by atoms with Crippen molar-refractivity contribution in [1.82, 2.24) is 10.1 Å². The second kappa shape index (κ2) is 4.14. The maximum Gasteiger partial charge on any atom is 0.230 e. The summed E-state index contributed by atoms with van der Waals surface area (Å²) >= 11 is 1.78. The molecule has 0 amide bonds. The van der Waals surface area contributed by atoms with Crippen LogP contribution in [0.15, 0.2) is 4.52 Å². The van der Waals surface area contributed by atoms with E-state index in [2.05, 4.69) is 23.3 Å². The van der Waals surface area contributed by atoms with Gasteiger partial charge in [-0.1, -0.05) is 12.1 Å². The minimum absolute atomic E-state index is 0.305. The van der Waals surface area contributed by atoms with Crippen LogP contribution in [0.2, 0.25) is 0 Å². The van der Waals surface area contributed by atoms with E-state index < -0.39 is 0 Å². The van der Waals surface area contributed by atoms with Crippen LogP contribution in [-0.4, -0.2) is 22.1 Å². The largest absolute Gasteiger partial charge is 0.339 e. The highest BCUT2D eigenvalue weighted by molar-refractivity contribution is 7.98. The van der Waals surface area contributed by atoms with Crippen LogP contribution in [0.4, 0.5) is 0 Å². The number of nitrogens with zero attached hydrogens (tertiary/aromatic N) is 2. The summed E-state index contributed by atoms with van der Waals surface area (Å²) in [5.74, 6) is 2.72. The van der Waals surface area contributed by atoms with Crippen molar-refractivity contribution in [3.8, 4) is 0 Å². The van der Waals surface area contributed by atoms with Crippen molar-refractivity contribution in [3.63, 3.8) is 0 Å². The van der Waals surface area contributed by atoms with Crippen LogP contribution in [0.3, 0.4) is 0 Å². The summed E-state index contributed by atoms with van der Waals surface area (Å²) < 4.78 is 5.25. The van der Waals surface area contributed by atoms with Gasteiger partial charge in [-0.15, -0.1) is 0 Å². The average Bonchev–Trinajstić information content (AvgIpc) is 2.63. The minimum Gasteiger partial charge on any atom is -0.339 e. The molecule has 1 aromatic rings. The Morgan fingerprint density at radius 1 is 1.60 bits per heavy atom. The lowest BCUT2D eigenvalue weighted by molar-refractivity contribution is 0.228. The van der Waals surface area contributed by atoms with Gasteiger partial charge in [0.15, 0.2) is 5.82 Å². The Balaban J connectivity index is 2.09. The Bertz CT molecular complexity index is 335. The van der Waals surface area contributed by atoms with Crippen LogP contribution in [-0.2, 0) is 5.54 Å². The van der Waals surface area contributed by atoms with Crippen molar-refractivity contribution in [2.45, 2.75) is 37.6 Å². The Labute approximate surface area is 94.0 Å². The van der Waals surface area contributed by atoms with E-state index in [0.29, 0.717) is 11.7 Å². The molecule has 2 N–H and O–H groups in total. The first-order chi connectivity index (χ1) is 7.15. The van der Waals surface area contributed by atoms with Gasteiger partial charge in [-0.2, -0.15) is 16.7 Å². The van der Waals surface area contributed by atoms with Gasteiger partial charge in [0.05, 0.1) is 5.54 Å². The molecule has 1 fully saturated rings. The minimum atomic E-state index is -0.305. The molecule has 1 unspecified atom stereocenters. The fraction of sp³-hybridized carbons (Fsp3) is 0.800. The molecule has 0 aliphatic heterocycles. The number of aromatic nitrogens is 2. The summed E-state index contributed by atoms with van der Waals surface area (Å²) in [6, 6.07) is 0. The highest BCUT2D eigenvalue weighted by Gasteiger charge is 2.39. The molecule has 1 saturated carbocycles. The Morgan fingerprint density at radius 2 is 2.33 bits per heavy atom. The molecule has 0 saturated heterocycles. The summed E-state index contributed by atoms with van der Waals surface area (Å²) in [5, 5.41) is 3.99. The zero-order valence-corrected chi connectivity index (χ0v) is 10.0. The number of rotatable bonds is 4. The summed E-state index contributed by atoms with van der Waals surface area (Å²) in [7, 11) is 0. The smallest absolute Gasteiger partial charge is 0.230 e. The van der Waals surface area contributed by atoms with Crippen LogP contribution in [0.25, 0.3) is 0 Å². The van der Waals surface area contributed by atoms with E-state index in [1.807, 2.05) is 0 Å². The molecule has 2 rings (SSSR count).